The lowest BCUT2D eigenvalue weighted by molar-refractivity contribution is 0.437. The molecule has 0 saturated carbocycles. The smallest absolute Gasteiger partial charge is 0.180 e. The highest BCUT2D eigenvalue weighted by molar-refractivity contribution is 9.10. The van der Waals surface area contributed by atoms with Gasteiger partial charge in [0.1, 0.15) is 5.75 Å². The highest BCUT2D eigenvalue weighted by Crippen LogP contribution is 2.32. The molecule has 2 aromatic rings. The monoisotopic (exact) mass is 309 g/mol. The molecule has 94 valence electrons. The summed E-state index contributed by atoms with van der Waals surface area (Å²) in [4.78, 5) is 0. The van der Waals surface area contributed by atoms with Gasteiger partial charge in [0.25, 0.3) is 0 Å². The van der Waals surface area contributed by atoms with Crippen molar-refractivity contribution in [2.24, 2.45) is 5.73 Å². The molecular formula is C14H13BrFNO. The predicted molar refractivity (Wildman–Crippen MR) is 73.2 cm³/mol. The van der Waals surface area contributed by atoms with Crippen LogP contribution in [-0.4, -0.2) is 0 Å². The summed E-state index contributed by atoms with van der Waals surface area (Å²) in [5, 5.41) is 0. The molecule has 0 aliphatic heterocycles. The molecule has 0 amide bonds. The molecule has 0 unspecified atom stereocenters. The molecule has 0 saturated heterocycles. The minimum atomic E-state index is -0.429. The van der Waals surface area contributed by atoms with Crippen LogP contribution in [0.1, 0.15) is 11.1 Å². The average Bonchev–Trinajstić information content (AvgIpc) is 2.38. The standard InChI is InChI=1S/C14H13BrFNO/c1-9-4-2-3-5-11(9)18-12-7-6-10(8-17)13(15)14(12)16/h2-7H,8,17H2,1H3. The molecule has 0 atom stereocenters. The third-order valence-corrected chi connectivity index (χ3v) is 3.52. The molecule has 0 spiro atoms. The first-order valence-electron chi connectivity index (χ1n) is 5.54. The third kappa shape index (κ3) is 2.54. The Morgan fingerprint density at radius 1 is 1.17 bits per heavy atom. The van der Waals surface area contributed by atoms with Crippen molar-refractivity contribution in [1.29, 1.82) is 0 Å². The second kappa shape index (κ2) is 5.50. The summed E-state index contributed by atoms with van der Waals surface area (Å²) in [7, 11) is 0. The second-order valence-electron chi connectivity index (χ2n) is 3.92. The van der Waals surface area contributed by atoms with Crippen molar-refractivity contribution in [3.63, 3.8) is 0 Å². The van der Waals surface area contributed by atoms with E-state index in [1.807, 2.05) is 25.1 Å². The van der Waals surface area contributed by atoms with Crippen molar-refractivity contribution in [2.45, 2.75) is 13.5 Å². The molecule has 2 nitrogen and oxygen atoms in total. The topological polar surface area (TPSA) is 35.2 Å². The van der Waals surface area contributed by atoms with Gasteiger partial charge in [-0.2, -0.15) is 0 Å². The molecule has 0 heterocycles. The van der Waals surface area contributed by atoms with Crippen LogP contribution in [0.15, 0.2) is 40.9 Å². The minimum absolute atomic E-state index is 0.188. The van der Waals surface area contributed by atoms with Gasteiger partial charge in [-0.05, 0) is 46.1 Å². The van der Waals surface area contributed by atoms with Crippen LogP contribution >= 0.6 is 15.9 Å². The Bertz CT molecular complexity index is 572. The summed E-state index contributed by atoms with van der Waals surface area (Å²) in [6.07, 6.45) is 0. The van der Waals surface area contributed by atoms with Crippen molar-refractivity contribution in [2.75, 3.05) is 0 Å². The fraction of sp³-hybridized carbons (Fsp3) is 0.143. The second-order valence-corrected chi connectivity index (χ2v) is 4.72. The molecule has 0 aliphatic rings. The van der Waals surface area contributed by atoms with Crippen LogP contribution < -0.4 is 10.5 Å². The van der Waals surface area contributed by atoms with E-state index in [0.717, 1.165) is 5.56 Å². The maximum atomic E-state index is 14.0. The van der Waals surface area contributed by atoms with Crippen LogP contribution in [-0.2, 0) is 6.54 Å². The van der Waals surface area contributed by atoms with Gasteiger partial charge < -0.3 is 10.5 Å². The highest BCUT2D eigenvalue weighted by atomic mass is 79.9. The predicted octanol–water partition coefficient (Wildman–Crippen LogP) is 4.15. The van der Waals surface area contributed by atoms with Gasteiger partial charge in [0, 0.05) is 6.54 Å². The van der Waals surface area contributed by atoms with E-state index in [4.69, 9.17) is 10.5 Å². The van der Waals surface area contributed by atoms with Crippen LogP contribution in [0, 0.1) is 12.7 Å². The molecule has 4 heteroatoms. The Balaban J connectivity index is 2.36. The molecule has 0 bridgehead atoms. The number of benzene rings is 2. The highest BCUT2D eigenvalue weighted by Gasteiger charge is 2.12. The Morgan fingerprint density at radius 2 is 1.89 bits per heavy atom. The Kier molecular flexibility index (Phi) is 3.99. The van der Waals surface area contributed by atoms with E-state index in [-0.39, 0.29) is 12.3 Å². The Hall–Kier alpha value is -1.39. The molecule has 2 rings (SSSR count). The van der Waals surface area contributed by atoms with Crippen LogP contribution in [0.4, 0.5) is 4.39 Å². The van der Waals surface area contributed by atoms with E-state index in [0.29, 0.717) is 15.8 Å². The first-order valence-corrected chi connectivity index (χ1v) is 6.33. The first kappa shape index (κ1) is 13.1. The van der Waals surface area contributed by atoms with E-state index in [2.05, 4.69) is 15.9 Å². The van der Waals surface area contributed by atoms with Gasteiger partial charge in [-0.15, -0.1) is 0 Å². The summed E-state index contributed by atoms with van der Waals surface area (Å²) >= 11 is 3.19. The molecule has 2 N–H and O–H groups in total. The third-order valence-electron chi connectivity index (χ3n) is 2.66. The lowest BCUT2D eigenvalue weighted by Gasteiger charge is -2.11. The quantitative estimate of drug-likeness (QED) is 0.924. The van der Waals surface area contributed by atoms with Gasteiger partial charge in [-0.1, -0.05) is 24.3 Å². The van der Waals surface area contributed by atoms with Crippen LogP contribution in [0.2, 0.25) is 0 Å². The van der Waals surface area contributed by atoms with Gasteiger partial charge in [0.05, 0.1) is 4.47 Å². The number of aryl methyl sites for hydroxylation is 1. The summed E-state index contributed by atoms with van der Waals surface area (Å²) in [5.41, 5.74) is 7.18. The number of hydrogen-bond acceptors (Lipinski definition) is 2. The fourth-order valence-corrected chi connectivity index (χ4v) is 2.09. The summed E-state index contributed by atoms with van der Waals surface area (Å²) in [6, 6.07) is 10.8. The zero-order valence-corrected chi connectivity index (χ0v) is 11.5. The molecule has 0 fully saturated rings. The zero-order valence-electron chi connectivity index (χ0n) is 9.91. The largest absolute Gasteiger partial charge is 0.454 e. The van der Waals surface area contributed by atoms with E-state index < -0.39 is 5.82 Å². The number of hydrogen-bond donors (Lipinski definition) is 1. The average molecular weight is 310 g/mol. The molecular weight excluding hydrogens is 297 g/mol. The Labute approximate surface area is 114 Å². The van der Waals surface area contributed by atoms with Gasteiger partial charge >= 0.3 is 0 Å². The SMILES string of the molecule is Cc1ccccc1Oc1ccc(CN)c(Br)c1F. The number of para-hydroxylation sites is 1. The van der Waals surface area contributed by atoms with Gasteiger partial charge in [0.2, 0.25) is 0 Å². The lowest BCUT2D eigenvalue weighted by atomic mass is 10.2. The first-order chi connectivity index (χ1) is 8.63. The lowest BCUT2D eigenvalue weighted by Crippen LogP contribution is -2.00. The van der Waals surface area contributed by atoms with E-state index >= 15 is 0 Å². The van der Waals surface area contributed by atoms with Gasteiger partial charge in [-0.25, -0.2) is 4.39 Å². The number of nitrogens with two attached hydrogens (primary N) is 1. The van der Waals surface area contributed by atoms with E-state index in [9.17, 15) is 4.39 Å². The maximum absolute atomic E-state index is 14.0. The molecule has 0 radical (unpaired) electrons. The van der Waals surface area contributed by atoms with Crippen LogP contribution in [0.5, 0.6) is 11.5 Å². The van der Waals surface area contributed by atoms with Crippen LogP contribution in [0.3, 0.4) is 0 Å². The molecule has 0 aliphatic carbocycles. The van der Waals surface area contributed by atoms with Crippen molar-refractivity contribution >= 4 is 15.9 Å². The van der Waals surface area contributed by atoms with Crippen molar-refractivity contribution in [3.05, 3.63) is 57.8 Å². The van der Waals surface area contributed by atoms with Crippen molar-refractivity contribution < 1.29 is 9.13 Å². The zero-order chi connectivity index (χ0) is 13.1. The van der Waals surface area contributed by atoms with Gasteiger partial charge in [0.15, 0.2) is 11.6 Å². The fourth-order valence-electron chi connectivity index (χ4n) is 1.60. The summed E-state index contributed by atoms with van der Waals surface area (Å²) in [6.45, 7) is 2.19. The molecule has 2 aromatic carbocycles. The summed E-state index contributed by atoms with van der Waals surface area (Å²) < 4.78 is 20.0. The number of ether oxygens (including phenoxy) is 1. The maximum Gasteiger partial charge on any atom is 0.180 e. The van der Waals surface area contributed by atoms with Crippen LogP contribution in [0.25, 0.3) is 0 Å². The number of halogens is 2. The van der Waals surface area contributed by atoms with E-state index in [1.54, 1.807) is 18.2 Å². The molecule has 0 aromatic heterocycles. The Morgan fingerprint density at radius 3 is 2.56 bits per heavy atom. The number of rotatable bonds is 3. The summed E-state index contributed by atoms with van der Waals surface area (Å²) in [5.74, 6) is 0.401. The van der Waals surface area contributed by atoms with E-state index in [1.165, 1.54) is 0 Å². The van der Waals surface area contributed by atoms with Crippen molar-refractivity contribution in [3.8, 4) is 11.5 Å². The normalized spacial score (nSPS) is 10.4. The minimum Gasteiger partial charge on any atom is -0.454 e. The molecule has 18 heavy (non-hydrogen) atoms. The van der Waals surface area contributed by atoms with Crippen molar-refractivity contribution in [1.82, 2.24) is 0 Å². The van der Waals surface area contributed by atoms with Gasteiger partial charge in [-0.3, -0.25) is 0 Å².